The van der Waals surface area contributed by atoms with Gasteiger partial charge in [0.1, 0.15) is 11.7 Å². The average Bonchev–Trinajstić information content (AvgIpc) is 3.02. The Hall–Kier alpha value is -0.640. The van der Waals surface area contributed by atoms with E-state index in [9.17, 15) is 15.3 Å². The molecule has 3 rings (SSSR count). The van der Waals surface area contributed by atoms with Crippen LogP contribution in [0.1, 0.15) is 40.5 Å². The van der Waals surface area contributed by atoms with Gasteiger partial charge in [-0.25, -0.2) is 0 Å². The van der Waals surface area contributed by atoms with Crippen molar-refractivity contribution < 1.29 is 15.3 Å². The van der Waals surface area contributed by atoms with Crippen molar-refractivity contribution in [3.8, 4) is 0 Å². The molecule has 3 atom stereocenters. The van der Waals surface area contributed by atoms with E-state index in [4.69, 9.17) is 0 Å². The van der Waals surface area contributed by atoms with Crippen molar-refractivity contribution in [3.05, 3.63) is 22.8 Å². The fourth-order valence-corrected chi connectivity index (χ4v) is 3.94. The summed E-state index contributed by atoms with van der Waals surface area (Å²) in [5.74, 6) is 0. The van der Waals surface area contributed by atoms with E-state index >= 15 is 0 Å². The van der Waals surface area contributed by atoms with Crippen LogP contribution in [-0.2, 0) is 0 Å². The monoisotopic (exact) mass is 250 g/mol. The van der Waals surface area contributed by atoms with Crippen LogP contribution in [0.4, 0.5) is 0 Å². The van der Waals surface area contributed by atoms with Crippen molar-refractivity contribution in [3.63, 3.8) is 0 Å². The first-order valence-corrected chi connectivity index (χ1v) is 6.68. The molecule has 0 aromatic carbocycles. The number of aliphatic hydroxyl groups excluding tert-OH is 2. The number of rotatable bonds is 0. The van der Waals surface area contributed by atoms with E-state index in [2.05, 4.69) is 0 Å². The number of hydrogen-bond donors (Lipinski definition) is 3. The van der Waals surface area contributed by atoms with Crippen LogP contribution in [0.15, 0.2) is 22.8 Å². The van der Waals surface area contributed by atoms with Crippen LogP contribution in [0.2, 0.25) is 0 Å². The van der Waals surface area contributed by atoms with Crippen molar-refractivity contribution in [1.82, 2.24) is 0 Å². The molecule has 1 fully saturated rings. The molecular formula is C15H22O3. The Kier molecular flexibility index (Phi) is 2.13. The lowest BCUT2D eigenvalue weighted by Crippen LogP contribution is -2.52. The topological polar surface area (TPSA) is 60.7 Å². The molecule has 3 N–H and O–H groups in total. The van der Waals surface area contributed by atoms with Gasteiger partial charge in [-0.1, -0.05) is 25.5 Å². The van der Waals surface area contributed by atoms with Crippen molar-refractivity contribution in [2.75, 3.05) is 0 Å². The molecule has 0 aromatic rings. The maximum absolute atomic E-state index is 10.7. The normalized spacial score (nSPS) is 44.1. The maximum atomic E-state index is 10.7. The van der Waals surface area contributed by atoms with Gasteiger partial charge in [-0.05, 0) is 37.8 Å². The minimum Gasteiger partial charge on any atom is -0.388 e. The quantitative estimate of drug-likeness (QED) is 0.611. The molecule has 3 heteroatoms. The van der Waals surface area contributed by atoms with Gasteiger partial charge in [-0.15, -0.1) is 0 Å². The Balaban J connectivity index is 2.24. The zero-order valence-electron chi connectivity index (χ0n) is 11.5. The predicted molar refractivity (Wildman–Crippen MR) is 68.9 cm³/mol. The van der Waals surface area contributed by atoms with E-state index in [-0.39, 0.29) is 10.8 Å². The first-order chi connectivity index (χ1) is 8.15. The fraction of sp³-hybridized carbons (Fsp3) is 0.733. The summed E-state index contributed by atoms with van der Waals surface area (Å²) in [5, 5.41) is 31.7. The van der Waals surface area contributed by atoms with E-state index in [0.717, 1.165) is 29.6 Å². The number of hydrogen-bond acceptors (Lipinski definition) is 3. The Morgan fingerprint density at radius 1 is 1.11 bits per heavy atom. The molecule has 18 heavy (non-hydrogen) atoms. The lowest BCUT2D eigenvalue weighted by molar-refractivity contribution is -0.0900. The maximum Gasteiger partial charge on any atom is 0.108 e. The van der Waals surface area contributed by atoms with Crippen LogP contribution in [-0.4, -0.2) is 33.1 Å². The molecular weight excluding hydrogens is 228 g/mol. The predicted octanol–water partition coefficient (Wildman–Crippen LogP) is 1.54. The summed E-state index contributed by atoms with van der Waals surface area (Å²) in [6, 6.07) is 0. The Morgan fingerprint density at radius 2 is 1.67 bits per heavy atom. The Labute approximate surface area is 108 Å². The van der Waals surface area contributed by atoms with Gasteiger partial charge in [0, 0.05) is 10.8 Å². The highest BCUT2D eigenvalue weighted by Crippen LogP contribution is 2.66. The first-order valence-electron chi connectivity index (χ1n) is 6.68. The molecule has 100 valence electrons. The third kappa shape index (κ3) is 1.16. The van der Waals surface area contributed by atoms with Gasteiger partial charge in [-0.3, -0.25) is 0 Å². The second-order valence-electron chi connectivity index (χ2n) is 6.99. The summed E-state index contributed by atoms with van der Waals surface area (Å²) in [6.07, 6.45) is 2.25. The summed E-state index contributed by atoms with van der Waals surface area (Å²) >= 11 is 0. The van der Waals surface area contributed by atoms with Gasteiger partial charge in [-0.2, -0.15) is 0 Å². The molecule has 0 heterocycles. The number of aliphatic hydroxyl groups is 3. The molecule has 0 amide bonds. The zero-order chi connectivity index (χ0) is 13.5. The van der Waals surface area contributed by atoms with Gasteiger partial charge in [0.05, 0.1) is 6.10 Å². The van der Waals surface area contributed by atoms with Crippen LogP contribution in [0, 0.1) is 10.8 Å². The summed E-state index contributed by atoms with van der Waals surface area (Å²) in [4.78, 5) is 0. The fourth-order valence-electron chi connectivity index (χ4n) is 3.94. The first kappa shape index (κ1) is 12.4. The van der Waals surface area contributed by atoms with Crippen LogP contribution in [0.5, 0.6) is 0 Å². The molecule has 0 radical (unpaired) electrons. The summed E-state index contributed by atoms with van der Waals surface area (Å²) < 4.78 is 0. The highest BCUT2D eigenvalue weighted by atomic mass is 16.3. The minimum absolute atomic E-state index is 0.319. The van der Waals surface area contributed by atoms with Gasteiger partial charge in [0.15, 0.2) is 0 Å². The third-order valence-corrected chi connectivity index (χ3v) is 5.48. The smallest absolute Gasteiger partial charge is 0.108 e. The molecule has 3 aliphatic rings. The minimum atomic E-state index is -1.12. The van der Waals surface area contributed by atoms with Crippen molar-refractivity contribution in [2.45, 2.75) is 58.3 Å². The molecule has 1 saturated carbocycles. The van der Waals surface area contributed by atoms with Crippen LogP contribution < -0.4 is 0 Å². The zero-order valence-corrected chi connectivity index (χ0v) is 11.5. The second kappa shape index (κ2) is 3.09. The highest BCUT2D eigenvalue weighted by molar-refractivity contribution is 5.56. The van der Waals surface area contributed by atoms with Gasteiger partial charge in [0.2, 0.25) is 0 Å². The van der Waals surface area contributed by atoms with Crippen LogP contribution in [0.3, 0.4) is 0 Å². The van der Waals surface area contributed by atoms with Crippen molar-refractivity contribution >= 4 is 0 Å². The van der Waals surface area contributed by atoms with E-state index < -0.39 is 17.8 Å². The molecule has 3 nitrogen and oxygen atoms in total. The van der Waals surface area contributed by atoms with E-state index in [0.29, 0.717) is 0 Å². The van der Waals surface area contributed by atoms with Crippen LogP contribution >= 0.6 is 0 Å². The van der Waals surface area contributed by atoms with Gasteiger partial charge < -0.3 is 15.3 Å². The lowest BCUT2D eigenvalue weighted by Gasteiger charge is -2.44. The van der Waals surface area contributed by atoms with E-state index in [1.807, 2.05) is 26.8 Å². The van der Waals surface area contributed by atoms with E-state index in [1.165, 1.54) is 0 Å². The SMILES string of the molecule is CC1=C2C(=CC(C)(C)[C@@H]2O)[C@H](O)[C@](C)(O)C12CC2. The summed E-state index contributed by atoms with van der Waals surface area (Å²) in [5.41, 5.74) is 0.863. The summed E-state index contributed by atoms with van der Waals surface area (Å²) in [6.45, 7) is 7.65. The van der Waals surface area contributed by atoms with Gasteiger partial charge in [0.25, 0.3) is 0 Å². The second-order valence-corrected chi connectivity index (χ2v) is 6.99. The molecule has 0 saturated heterocycles. The molecule has 1 spiro atoms. The standard InChI is InChI=1S/C15H22O3/c1-8-10-9(7-13(2,3)12(10)17)11(16)14(4,18)15(8)5-6-15/h7,11-12,16-18H,5-6H2,1-4H3/t11-,12+,14-/m0/s1. The molecule has 0 bridgehead atoms. The number of fused-ring (bicyclic) bond motifs is 1. The molecule has 3 aliphatic carbocycles. The summed E-state index contributed by atoms with van der Waals surface area (Å²) in [7, 11) is 0. The van der Waals surface area contributed by atoms with Gasteiger partial charge >= 0.3 is 0 Å². The molecule has 0 aliphatic heterocycles. The van der Waals surface area contributed by atoms with Crippen LogP contribution in [0.25, 0.3) is 0 Å². The largest absolute Gasteiger partial charge is 0.388 e. The average molecular weight is 250 g/mol. The van der Waals surface area contributed by atoms with Crippen molar-refractivity contribution in [2.24, 2.45) is 10.8 Å². The Morgan fingerprint density at radius 3 is 2.17 bits per heavy atom. The third-order valence-electron chi connectivity index (χ3n) is 5.48. The van der Waals surface area contributed by atoms with E-state index in [1.54, 1.807) is 6.92 Å². The molecule has 0 aromatic heterocycles. The Bertz CT molecular complexity index is 478. The highest BCUT2D eigenvalue weighted by Gasteiger charge is 2.65. The van der Waals surface area contributed by atoms with Crippen molar-refractivity contribution in [1.29, 1.82) is 0 Å². The molecule has 0 unspecified atom stereocenters. The lowest BCUT2D eigenvalue weighted by atomic mass is 9.66.